The first-order valence-electron chi connectivity index (χ1n) is 13.1. The molecule has 0 aliphatic heterocycles. The van der Waals surface area contributed by atoms with Crippen LogP contribution in [0.25, 0.3) is 0 Å². The van der Waals surface area contributed by atoms with E-state index < -0.39 is 16.8 Å². The van der Waals surface area contributed by atoms with Crippen LogP contribution < -0.4 is 11.5 Å². The van der Waals surface area contributed by atoms with E-state index in [9.17, 15) is 20.0 Å². The van der Waals surface area contributed by atoms with Crippen molar-refractivity contribution in [2.24, 2.45) is 0 Å². The van der Waals surface area contributed by atoms with Crippen LogP contribution in [0.3, 0.4) is 0 Å². The summed E-state index contributed by atoms with van der Waals surface area (Å²) in [5.41, 5.74) is -1.30. The van der Waals surface area contributed by atoms with Crippen molar-refractivity contribution in [3.63, 3.8) is 0 Å². The van der Waals surface area contributed by atoms with Gasteiger partial charge in [0.2, 0.25) is 5.91 Å². The molecule has 0 spiro atoms. The van der Waals surface area contributed by atoms with Crippen LogP contribution in [-0.4, -0.2) is 34.4 Å². The Morgan fingerprint density at radius 3 is 1.70 bits per heavy atom. The summed E-state index contributed by atoms with van der Waals surface area (Å²) in [6.07, 6.45) is 20.0. The molecule has 0 bridgehead atoms. The molecule has 0 saturated carbocycles. The monoisotopic (exact) mass is 475 g/mol. The van der Waals surface area contributed by atoms with E-state index in [0.29, 0.717) is 25.8 Å². The lowest BCUT2D eigenvalue weighted by molar-refractivity contribution is -0.772. The molecule has 0 aromatic rings. The molecule has 0 saturated heterocycles. The normalized spacial score (nSPS) is 12.1. The SMILES string of the molecule is CCCCCCCCCCCCCCCCCC(=O)NCCCC(O[N+](=O)[O-])C(C)(C)O.N. The second-order valence-electron chi connectivity index (χ2n) is 9.66. The van der Waals surface area contributed by atoms with E-state index in [2.05, 4.69) is 17.1 Å². The van der Waals surface area contributed by atoms with Crippen molar-refractivity contribution in [2.75, 3.05) is 6.54 Å². The average Bonchev–Trinajstić information content (AvgIpc) is 2.72. The molecule has 33 heavy (non-hydrogen) atoms. The van der Waals surface area contributed by atoms with Crippen LogP contribution in [0.2, 0.25) is 0 Å². The van der Waals surface area contributed by atoms with E-state index in [-0.39, 0.29) is 12.1 Å². The van der Waals surface area contributed by atoms with Gasteiger partial charge in [0, 0.05) is 13.0 Å². The number of carbonyl (C=O) groups is 1. The lowest BCUT2D eigenvalue weighted by Crippen LogP contribution is -2.40. The van der Waals surface area contributed by atoms with Gasteiger partial charge in [0.05, 0.1) is 5.60 Å². The van der Waals surface area contributed by atoms with Gasteiger partial charge in [-0.05, 0) is 33.1 Å². The highest BCUT2D eigenvalue weighted by Gasteiger charge is 2.29. The summed E-state index contributed by atoms with van der Waals surface area (Å²) in [6, 6.07) is 0. The summed E-state index contributed by atoms with van der Waals surface area (Å²) in [7, 11) is 0. The number of hydrogen-bond donors (Lipinski definition) is 3. The third-order valence-electron chi connectivity index (χ3n) is 5.97. The Labute approximate surface area is 202 Å². The minimum Gasteiger partial charge on any atom is -0.388 e. The molecule has 198 valence electrons. The van der Waals surface area contributed by atoms with Crippen LogP contribution in [0.15, 0.2) is 0 Å². The van der Waals surface area contributed by atoms with Gasteiger partial charge in [-0.2, -0.15) is 0 Å². The Morgan fingerprint density at radius 2 is 1.30 bits per heavy atom. The van der Waals surface area contributed by atoms with Crippen LogP contribution in [0, 0.1) is 10.1 Å². The van der Waals surface area contributed by atoms with Crippen molar-refractivity contribution in [3.8, 4) is 0 Å². The molecular formula is C25H53N3O5. The van der Waals surface area contributed by atoms with Gasteiger partial charge in [0.25, 0.3) is 5.09 Å². The predicted molar refractivity (Wildman–Crippen MR) is 135 cm³/mol. The van der Waals surface area contributed by atoms with Crippen LogP contribution in [0.1, 0.15) is 136 Å². The zero-order valence-electron chi connectivity index (χ0n) is 21.7. The van der Waals surface area contributed by atoms with Crippen molar-refractivity contribution in [1.29, 1.82) is 0 Å². The number of unbranched alkanes of at least 4 members (excludes halogenated alkanes) is 14. The topological polar surface area (TPSA) is 137 Å². The molecule has 8 nitrogen and oxygen atoms in total. The number of amides is 1. The Bertz CT molecular complexity index is 469. The van der Waals surface area contributed by atoms with E-state index in [1.54, 1.807) is 0 Å². The first kappa shape index (κ1) is 33.8. The Morgan fingerprint density at radius 1 is 0.879 bits per heavy atom. The van der Waals surface area contributed by atoms with Crippen molar-refractivity contribution in [1.82, 2.24) is 11.5 Å². The molecule has 0 fully saturated rings. The summed E-state index contributed by atoms with van der Waals surface area (Å²) in [4.78, 5) is 27.0. The van der Waals surface area contributed by atoms with E-state index in [1.807, 2.05) is 0 Å². The third kappa shape index (κ3) is 23.5. The van der Waals surface area contributed by atoms with Crippen molar-refractivity contribution < 1.29 is 19.8 Å². The minimum atomic E-state index is -1.30. The fourth-order valence-corrected chi connectivity index (χ4v) is 3.90. The second kappa shape index (κ2) is 22.4. The highest BCUT2D eigenvalue weighted by Crippen LogP contribution is 2.18. The van der Waals surface area contributed by atoms with Gasteiger partial charge in [-0.1, -0.05) is 96.8 Å². The molecule has 1 unspecified atom stereocenters. The number of nitrogens with zero attached hydrogens (tertiary/aromatic N) is 1. The Balaban J connectivity index is 0. The molecular weight excluding hydrogens is 422 g/mol. The summed E-state index contributed by atoms with van der Waals surface area (Å²) >= 11 is 0. The smallest absolute Gasteiger partial charge is 0.294 e. The van der Waals surface area contributed by atoms with Crippen LogP contribution in [0.4, 0.5) is 0 Å². The molecule has 0 radical (unpaired) electrons. The predicted octanol–water partition coefficient (Wildman–Crippen LogP) is 6.65. The summed E-state index contributed by atoms with van der Waals surface area (Å²) in [5.74, 6) is 0.0229. The standard InChI is InChI=1S/C25H50N2O5.H3N/c1-4-5-6-7-8-9-10-11-12-13-14-15-16-17-18-21-24(28)26-22-19-20-23(25(2,3)29)32-27(30)31;/h23,29H,4-22H2,1-3H3,(H,26,28);1H3. The largest absolute Gasteiger partial charge is 0.388 e. The highest BCUT2D eigenvalue weighted by atomic mass is 17.0. The fraction of sp³-hybridized carbons (Fsp3) is 0.960. The van der Waals surface area contributed by atoms with Gasteiger partial charge in [-0.15, -0.1) is 10.1 Å². The van der Waals surface area contributed by atoms with Gasteiger partial charge in [-0.25, -0.2) is 0 Å². The van der Waals surface area contributed by atoms with Gasteiger partial charge in [-0.3, -0.25) is 4.79 Å². The molecule has 0 aromatic heterocycles. The maximum Gasteiger partial charge on any atom is 0.294 e. The lowest BCUT2D eigenvalue weighted by atomic mass is 9.97. The van der Waals surface area contributed by atoms with Gasteiger partial charge in [0.1, 0.15) is 6.10 Å². The second-order valence-corrected chi connectivity index (χ2v) is 9.66. The van der Waals surface area contributed by atoms with Crippen molar-refractivity contribution in [3.05, 3.63) is 10.1 Å². The maximum atomic E-state index is 11.9. The summed E-state index contributed by atoms with van der Waals surface area (Å²) in [6.45, 7) is 5.66. The van der Waals surface area contributed by atoms with Crippen molar-refractivity contribution in [2.45, 2.75) is 148 Å². The number of hydrogen-bond acceptors (Lipinski definition) is 6. The summed E-state index contributed by atoms with van der Waals surface area (Å²) < 4.78 is 0. The third-order valence-corrected chi connectivity index (χ3v) is 5.97. The lowest BCUT2D eigenvalue weighted by Gasteiger charge is -2.27. The van der Waals surface area contributed by atoms with E-state index in [1.165, 1.54) is 97.3 Å². The molecule has 0 aliphatic carbocycles. The van der Waals surface area contributed by atoms with Crippen LogP contribution in [-0.2, 0) is 9.63 Å². The molecule has 1 amide bonds. The van der Waals surface area contributed by atoms with E-state index >= 15 is 0 Å². The molecule has 5 N–H and O–H groups in total. The number of nitrogens with one attached hydrogen (secondary N) is 1. The number of carbonyl (C=O) groups excluding carboxylic acids is 1. The van der Waals surface area contributed by atoms with Crippen LogP contribution in [0.5, 0.6) is 0 Å². The Hall–Kier alpha value is -1.41. The molecule has 0 aromatic carbocycles. The van der Waals surface area contributed by atoms with E-state index in [0.717, 1.165) is 12.8 Å². The molecule has 8 heteroatoms. The number of rotatable bonds is 23. The Kier molecular flexibility index (Phi) is 22.9. The molecule has 0 aliphatic rings. The zero-order chi connectivity index (χ0) is 24.1. The van der Waals surface area contributed by atoms with Crippen LogP contribution >= 0.6 is 0 Å². The van der Waals surface area contributed by atoms with Crippen molar-refractivity contribution >= 4 is 5.91 Å². The molecule has 1 atom stereocenters. The van der Waals surface area contributed by atoms with Gasteiger partial charge in [0.15, 0.2) is 0 Å². The van der Waals surface area contributed by atoms with E-state index in [4.69, 9.17) is 0 Å². The summed E-state index contributed by atoms with van der Waals surface area (Å²) in [5, 5.41) is 22.4. The first-order chi connectivity index (χ1) is 15.3. The maximum absolute atomic E-state index is 11.9. The molecule has 0 heterocycles. The highest BCUT2D eigenvalue weighted by molar-refractivity contribution is 5.75. The zero-order valence-corrected chi connectivity index (χ0v) is 21.7. The van der Waals surface area contributed by atoms with Gasteiger partial charge >= 0.3 is 0 Å². The van der Waals surface area contributed by atoms with Gasteiger partial charge < -0.3 is 21.4 Å². The number of aliphatic hydroxyl groups is 1. The minimum absolute atomic E-state index is 0. The first-order valence-corrected chi connectivity index (χ1v) is 13.1. The fourth-order valence-electron chi connectivity index (χ4n) is 3.90. The molecule has 0 rings (SSSR count). The quantitative estimate of drug-likeness (QED) is 0.0859. The average molecular weight is 476 g/mol.